The maximum atomic E-state index is 16.8. The third-order valence-electron chi connectivity index (χ3n) is 21.8. The third-order valence-corrected chi connectivity index (χ3v) is 25.3. The van der Waals surface area contributed by atoms with Crippen LogP contribution in [0.15, 0.2) is 177 Å². The van der Waals surface area contributed by atoms with E-state index in [9.17, 15) is 51.9 Å². The molecule has 110 heavy (non-hydrogen) atoms. The molecule has 11 aromatic carbocycles. The monoisotopic (exact) mass is 1570 g/mol. The van der Waals surface area contributed by atoms with Crippen LogP contribution in [0.3, 0.4) is 0 Å². The number of rotatable bonds is 30. The Balaban J connectivity index is 1.25. The first kappa shape index (κ1) is 78.0. The van der Waals surface area contributed by atoms with E-state index < -0.39 is 83.7 Å². The molecule has 0 saturated heterocycles. The fraction of sp³-hybridized carbons (Fsp3) is 0.286. The summed E-state index contributed by atoms with van der Waals surface area (Å²) in [5, 5.41) is -0.266. The molecule has 22 nitrogen and oxygen atoms in total. The van der Waals surface area contributed by atoms with Gasteiger partial charge in [-0.2, -0.15) is 33.7 Å². The van der Waals surface area contributed by atoms with Gasteiger partial charge in [0.05, 0.1) is 53.2 Å². The lowest BCUT2D eigenvalue weighted by atomic mass is 9.80. The van der Waals surface area contributed by atoms with Crippen LogP contribution in [0, 0.1) is 23.7 Å². The lowest BCUT2D eigenvalue weighted by molar-refractivity contribution is 0.0877. The van der Waals surface area contributed by atoms with Crippen LogP contribution in [0.5, 0.6) is 46.0 Å². The molecule has 0 unspecified atom stereocenters. The van der Waals surface area contributed by atoms with Crippen LogP contribution in [0.2, 0.25) is 0 Å². The number of amides is 4. The molecule has 0 aromatic heterocycles. The van der Waals surface area contributed by atoms with E-state index in [2.05, 4.69) is 55.4 Å². The molecule has 0 saturated carbocycles. The van der Waals surface area contributed by atoms with Crippen LogP contribution in [0.4, 0.5) is 11.4 Å². The number of fused-ring (bicyclic) bond motifs is 2. The lowest BCUT2D eigenvalue weighted by Crippen LogP contribution is -2.42. The fourth-order valence-corrected chi connectivity index (χ4v) is 17.5. The predicted octanol–water partition coefficient (Wildman–Crippen LogP) is 19.4. The number of para-hydroxylation sites is 2. The molecule has 572 valence electrons. The average molecular weight is 1570 g/mol. The SMILES string of the molecule is CCC(CC)Cc1cccc(CC(CC)CC)c1N1C(=O)c2cc(Oc3ccc(S(=O)(=O)O)cc3)c3c4c(Oc5ccc(S(=O)(=O)O)cc5)cc5c6c(cc(Oc7ccc(S(=O)(=O)O)cc7)c(c7c(Oc8ccc(S(=O)(=O)O)cc8)cc(c2c37)C1=O)c64)C(=O)N(c1c(CC(CC)CC)cccc1CC(CC)CC)C5=O. The summed E-state index contributed by atoms with van der Waals surface area (Å²) in [7, 11) is -19.3. The van der Waals surface area contributed by atoms with Crippen molar-refractivity contribution in [3.05, 3.63) is 202 Å². The molecule has 13 rings (SSSR count). The second-order valence-electron chi connectivity index (χ2n) is 28.2. The molecule has 2 heterocycles. The van der Waals surface area contributed by atoms with Gasteiger partial charge in [0, 0.05) is 43.1 Å². The standard InChI is InChI=1S/C84H82N2O20S4/c1-9-47(10-2)39-51-19-17-20-52(40-48(11-3)12-4)79(51)85-81(87)63-43-67(103-55-23-31-59(32-24-55)107(91,92)93)73-75-69(105-57-27-35-61(36-28-57)109(97,98)99)45-65-72-66(84(90)86(83(65)89)80-53(41-49(13-5)14-6)21-18-22-54(80)42-50(15-7)16-8)46-70(106-58-29-37-62(38-30-58)110(100,101)102)76(78(72)75)74-68(44-64(82(85)88)71(63)77(73)74)104-56-25-33-60(34-26-56)108(94,95)96/h17-38,43-50H,9-16,39-42H2,1-8H3,(H,91,92,93)(H,94,95,96)(H,97,98,99)(H,100,101,102). The van der Waals surface area contributed by atoms with Crippen molar-refractivity contribution in [3.8, 4) is 46.0 Å². The maximum absolute atomic E-state index is 16.8. The summed E-state index contributed by atoms with van der Waals surface area (Å²) in [6.45, 7) is 16.5. The Morgan fingerprint density at radius 3 is 0.645 bits per heavy atom. The number of hydrogen-bond donors (Lipinski definition) is 4. The van der Waals surface area contributed by atoms with Crippen LogP contribution >= 0.6 is 0 Å². The zero-order valence-electron chi connectivity index (χ0n) is 61.7. The second kappa shape index (κ2) is 30.6. The number of imide groups is 2. The van der Waals surface area contributed by atoms with Gasteiger partial charge < -0.3 is 18.9 Å². The van der Waals surface area contributed by atoms with Gasteiger partial charge in [0.15, 0.2) is 0 Å². The van der Waals surface area contributed by atoms with E-state index in [0.29, 0.717) is 59.3 Å². The Morgan fingerprint density at radius 2 is 0.473 bits per heavy atom. The van der Waals surface area contributed by atoms with Crippen molar-refractivity contribution in [2.45, 2.75) is 152 Å². The quantitative estimate of drug-likeness (QED) is 0.0141. The Bertz CT molecular complexity index is 5280. The van der Waals surface area contributed by atoms with E-state index in [1.54, 1.807) is 0 Å². The summed E-state index contributed by atoms with van der Waals surface area (Å²) >= 11 is 0. The normalized spacial score (nSPS) is 13.6. The Labute approximate surface area is 638 Å². The van der Waals surface area contributed by atoms with Gasteiger partial charge in [0.25, 0.3) is 64.1 Å². The van der Waals surface area contributed by atoms with E-state index in [1.165, 1.54) is 72.8 Å². The highest BCUT2D eigenvalue weighted by Gasteiger charge is 2.44. The van der Waals surface area contributed by atoms with Gasteiger partial charge in [-0.05, 0) is 193 Å². The molecule has 4 amide bonds. The lowest BCUT2D eigenvalue weighted by Gasteiger charge is -2.35. The zero-order valence-corrected chi connectivity index (χ0v) is 64.9. The molecule has 0 radical (unpaired) electrons. The summed E-state index contributed by atoms with van der Waals surface area (Å²) in [5.41, 5.74) is 2.95. The summed E-state index contributed by atoms with van der Waals surface area (Å²) in [6, 6.07) is 35.6. The van der Waals surface area contributed by atoms with Gasteiger partial charge in [-0.15, -0.1) is 0 Å². The molecule has 2 aliphatic rings. The van der Waals surface area contributed by atoms with Crippen molar-refractivity contribution in [2.75, 3.05) is 9.80 Å². The highest BCUT2D eigenvalue weighted by molar-refractivity contribution is 7.86. The third kappa shape index (κ3) is 14.7. The molecule has 26 heteroatoms. The molecule has 0 fully saturated rings. The molecule has 0 spiro atoms. The summed E-state index contributed by atoms with van der Waals surface area (Å²) in [6.07, 6.45) is 7.88. The van der Waals surface area contributed by atoms with Crippen molar-refractivity contribution < 1.29 is 90.0 Å². The number of carbonyl (C=O) groups is 4. The van der Waals surface area contributed by atoms with Crippen molar-refractivity contribution in [1.29, 1.82) is 0 Å². The van der Waals surface area contributed by atoms with E-state index in [1.807, 2.05) is 36.4 Å². The second-order valence-corrected chi connectivity index (χ2v) is 33.9. The van der Waals surface area contributed by atoms with E-state index in [4.69, 9.17) is 18.9 Å². The van der Waals surface area contributed by atoms with E-state index in [-0.39, 0.29) is 135 Å². The van der Waals surface area contributed by atoms with Gasteiger partial charge in [0.1, 0.15) is 46.0 Å². The largest absolute Gasteiger partial charge is 0.457 e. The first-order valence-corrected chi connectivity index (χ1v) is 42.5. The Morgan fingerprint density at radius 1 is 0.282 bits per heavy atom. The topological polar surface area (TPSA) is 329 Å². The van der Waals surface area contributed by atoms with E-state index in [0.717, 1.165) is 110 Å². The minimum absolute atomic E-state index is 0.0215. The van der Waals surface area contributed by atoms with Crippen LogP contribution in [0.1, 0.15) is 170 Å². The Hall–Kier alpha value is -10.2. The molecule has 0 aliphatic carbocycles. The molecular formula is C84H82N2O20S4. The van der Waals surface area contributed by atoms with Crippen LogP contribution in [0.25, 0.3) is 43.1 Å². The van der Waals surface area contributed by atoms with Gasteiger partial charge in [-0.25, -0.2) is 9.80 Å². The van der Waals surface area contributed by atoms with Crippen molar-refractivity contribution in [2.24, 2.45) is 23.7 Å². The number of hydrogen-bond acceptors (Lipinski definition) is 16. The summed E-state index contributed by atoms with van der Waals surface area (Å²) in [5.74, 6) is -4.19. The minimum Gasteiger partial charge on any atom is -0.457 e. The number of ether oxygens (including phenoxy) is 4. The van der Waals surface area contributed by atoms with Gasteiger partial charge in [-0.3, -0.25) is 37.4 Å². The number of benzene rings is 11. The molecule has 2 aliphatic heterocycles. The first-order valence-electron chi connectivity index (χ1n) is 36.7. The molecule has 0 atom stereocenters. The first-order chi connectivity index (χ1) is 52.3. The van der Waals surface area contributed by atoms with E-state index >= 15 is 19.2 Å². The van der Waals surface area contributed by atoms with Crippen LogP contribution in [-0.2, 0) is 66.2 Å². The van der Waals surface area contributed by atoms with Crippen molar-refractivity contribution in [1.82, 2.24) is 0 Å². The van der Waals surface area contributed by atoms with Gasteiger partial charge in [-0.1, -0.05) is 143 Å². The molecular weight excluding hydrogens is 1490 g/mol. The number of nitrogens with zero attached hydrogens (tertiary/aromatic N) is 2. The van der Waals surface area contributed by atoms with Crippen LogP contribution in [-0.4, -0.2) is 75.5 Å². The highest BCUT2D eigenvalue weighted by Crippen LogP contribution is 2.59. The summed E-state index contributed by atoms with van der Waals surface area (Å²) < 4.78 is 171. The molecule has 11 aromatic rings. The zero-order chi connectivity index (χ0) is 78.8. The molecule has 4 N–H and O–H groups in total. The smallest absolute Gasteiger partial charge is 0.294 e. The summed E-state index contributed by atoms with van der Waals surface area (Å²) in [4.78, 5) is 67.4. The number of carbonyl (C=O) groups excluding carboxylic acids is 4. The van der Waals surface area contributed by atoms with Crippen LogP contribution < -0.4 is 28.7 Å². The average Bonchev–Trinajstić information content (AvgIpc) is 0.669. The predicted molar refractivity (Wildman–Crippen MR) is 419 cm³/mol. The Kier molecular flexibility index (Phi) is 21.7. The fourth-order valence-electron chi connectivity index (χ4n) is 15.5. The molecule has 0 bridgehead atoms. The van der Waals surface area contributed by atoms with Crippen molar-refractivity contribution >= 4 is 119 Å². The maximum Gasteiger partial charge on any atom is 0.294 e. The van der Waals surface area contributed by atoms with Crippen molar-refractivity contribution in [3.63, 3.8) is 0 Å². The minimum atomic E-state index is -4.82. The van der Waals surface area contributed by atoms with Gasteiger partial charge >= 0.3 is 0 Å². The van der Waals surface area contributed by atoms with Gasteiger partial charge in [0.2, 0.25) is 0 Å². The highest BCUT2D eigenvalue weighted by atomic mass is 32.2. The number of anilines is 2.